The number of nitrogens with two attached hydrogens (primary N) is 1. The molecule has 3 N–H and O–H groups in total. The van der Waals surface area contributed by atoms with Crippen molar-refractivity contribution >= 4 is 51.1 Å². The fourth-order valence-electron chi connectivity index (χ4n) is 3.61. The number of carbonyl (C=O) groups is 3. The molecule has 0 fully saturated rings. The van der Waals surface area contributed by atoms with Crippen LogP contribution in [0.2, 0.25) is 0 Å². The van der Waals surface area contributed by atoms with Gasteiger partial charge in [0.2, 0.25) is 5.91 Å². The first-order chi connectivity index (χ1) is 13.1. The molecule has 9 heteroatoms. The van der Waals surface area contributed by atoms with E-state index in [0.29, 0.717) is 16.5 Å². The van der Waals surface area contributed by atoms with Gasteiger partial charge in [-0.15, -0.1) is 11.3 Å². The summed E-state index contributed by atoms with van der Waals surface area (Å²) in [6, 6.07) is 0. The highest BCUT2D eigenvalue weighted by Crippen LogP contribution is 2.44. The number of thiophene rings is 1. The lowest BCUT2D eigenvalue weighted by atomic mass is 9.72. The van der Waals surface area contributed by atoms with Crippen LogP contribution in [0.5, 0.6) is 0 Å². The normalized spacial score (nSPS) is 21.9. The van der Waals surface area contributed by atoms with Crippen LogP contribution >= 0.6 is 23.1 Å². The number of thioether (sulfide) groups is 1. The summed E-state index contributed by atoms with van der Waals surface area (Å²) in [6.45, 7) is 6.68. The zero-order valence-corrected chi connectivity index (χ0v) is 18.1. The molecule has 3 rings (SSSR count). The number of nitrogens with zero attached hydrogens (tertiary/aromatic N) is 1. The molecule has 0 aromatic carbocycles. The molecule has 0 radical (unpaired) electrons. The van der Waals surface area contributed by atoms with E-state index in [9.17, 15) is 14.4 Å². The van der Waals surface area contributed by atoms with Gasteiger partial charge in [-0.05, 0) is 36.2 Å². The smallest absolute Gasteiger partial charge is 0.341 e. The summed E-state index contributed by atoms with van der Waals surface area (Å²) >= 11 is 2.52. The van der Waals surface area contributed by atoms with Crippen LogP contribution in [0.25, 0.3) is 0 Å². The third kappa shape index (κ3) is 4.25. The highest BCUT2D eigenvalue weighted by Gasteiger charge is 2.35. The van der Waals surface area contributed by atoms with Gasteiger partial charge in [0.1, 0.15) is 10.3 Å². The summed E-state index contributed by atoms with van der Waals surface area (Å²) in [5.41, 5.74) is 7.15. The van der Waals surface area contributed by atoms with Crippen molar-refractivity contribution < 1.29 is 19.1 Å². The number of esters is 1. The Morgan fingerprint density at radius 2 is 2.07 bits per heavy atom. The number of carbonyl (C=O) groups excluding carboxylic acids is 3. The first-order valence-corrected chi connectivity index (χ1v) is 10.9. The fraction of sp³-hybridized carbons (Fsp3) is 0.579. The number of amides is 2. The Bertz CT molecular complexity index is 854. The molecule has 2 atom stereocenters. The van der Waals surface area contributed by atoms with Gasteiger partial charge in [-0.2, -0.15) is 4.99 Å². The monoisotopic (exact) mass is 423 g/mol. The van der Waals surface area contributed by atoms with E-state index < -0.39 is 17.1 Å². The summed E-state index contributed by atoms with van der Waals surface area (Å²) in [5.74, 6) is -0.669. The van der Waals surface area contributed by atoms with Crippen molar-refractivity contribution in [2.45, 2.75) is 51.7 Å². The summed E-state index contributed by atoms with van der Waals surface area (Å²) in [7, 11) is 1.34. The molecule has 0 spiro atoms. The third-order valence-electron chi connectivity index (χ3n) is 5.26. The van der Waals surface area contributed by atoms with Gasteiger partial charge < -0.3 is 15.8 Å². The molecule has 1 aromatic rings. The summed E-state index contributed by atoms with van der Waals surface area (Å²) in [5, 5.41) is 2.89. The highest BCUT2D eigenvalue weighted by molar-refractivity contribution is 8.15. The van der Waals surface area contributed by atoms with Crippen LogP contribution in [-0.4, -0.2) is 35.3 Å². The molecule has 2 amide bonds. The van der Waals surface area contributed by atoms with Crippen LogP contribution in [0.3, 0.4) is 0 Å². The second kappa shape index (κ2) is 7.87. The van der Waals surface area contributed by atoms with E-state index in [4.69, 9.17) is 10.5 Å². The van der Waals surface area contributed by atoms with E-state index >= 15 is 0 Å². The number of fused-ring (bicyclic) bond motifs is 1. The van der Waals surface area contributed by atoms with Gasteiger partial charge in [0, 0.05) is 11.3 Å². The Balaban J connectivity index is 1.81. The lowest BCUT2D eigenvalue weighted by Gasteiger charge is -2.33. The molecule has 1 aliphatic heterocycles. The van der Waals surface area contributed by atoms with Gasteiger partial charge in [0.15, 0.2) is 5.17 Å². The SMILES string of the molecule is COC(=O)c1c(NC(=O)C[C@@H]2SC(N)=NC2=O)sc2c1CC[C@H](C(C)(C)C)C2. The number of anilines is 1. The Hall–Kier alpha value is -1.87. The molecule has 7 nitrogen and oxygen atoms in total. The third-order valence-corrected chi connectivity index (χ3v) is 7.42. The minimum Gasteiger partial charge on any atom is -0.465 e. The highest BCUT2D eigenvalue weighted by atomic mass is 32.2. The maximum Gasteiger partial charge on any atom is 0.341 e. The Labute approximate surface area is 172 Å². The number of nitrogens with one attached hydrogen (secondary N) is 1. The van der Waals surface area contributed by atoms with Crippen LogP contribution in [0.1, 0.15) is 54.4 Å². The van der Waals surface area contributed by atoms with Gasteiger partial charge in [-0.3, -0.25) is 9.59 Å². The number of aliphatic imine (C=N–C) groups is 1. The Morgan fingerprint density at radius 3 is 2.64 bits per heavy atom. The molecule has 152 valence electrons. The topological polar surface area (TPSA) is 111 Å². The van der Waals surface area contributed by atoms with E-state index in [2.05, 4.69) is 31.1 Å². The van der Waals surface area contributed by atoms with Crippen LogP contribution in [-0.2, 0) is 27.2 Å². The second-order valence-corrected chi connectivity index (χ2v) is 10.5. The molecule has 0 bridgehead atoms. The average molecular weight is 424 g/mol. The minimum atomic E-state index is -0.610. The van der Waals surface area contributed by atoms with E-state index in [-0.39, 0.29) is 22.9 Å². The maximum atomic E-state index is 12.5. The average Bonchev–Trinajstić information content (AvgIpc) is 3.11. The largest absolute Gasteiger partial charge is 0.465 e. The lowest BCUT2D eigenvalue weighted by molar-refractivity contribution is -0.121. The summed E-state index contributed by atoms with van der Waals surface area (Å²) < 4.78 is 4.96. The van der Waals surface area contributed by atoms with Crippen LogP contribution in [0.4, 0.5) is 5.00 Å². The van der Waals surface area contributed by atoms with Crippen molar-refractivity contribution in [1.82, 2.24) is 0 Å². The second-order valence-electron chi connectivity index (χ2n) is 8.15. The molecule has 0 saturated heterocycles. The predicted octanol–water partition coefficient (Wildman–Crippen LogP) is 2.97. The number of amidine groups is 1. The molecular formula is C19H25N3O4S2. The maximum absolute atomic E-state index is 12.5. The number of methoxy groups -OCH3 is 1. The molecule has 2 aliphatic rings. The zero-order chi connectivity index (χ0) is 20.6. The van der Waals surface area contributed by atoms with Gasteiger partial charge in [0.25, 0.3) is 5.91 Å². The van der Waals surface area contributed by atoms with Gasteiger partial charge in [-0.25, -0.2) is 4.79 Å². The molecule has 1 aliphatic carbocycles. The predicted molar refractivity (Wildman–Crippen MR) is 112 cm³/mol. The number of rotatable bonds is 4. The Kier molecular flexibility index (Phi) is 5.86. The van der Waals surface area contributed by atoms with Gasteiger partial charge in [-0.1, -0.05) is 32.5 Å². The van der Waals surface area contributed by atoms with Crippen LogP contribution < -0.4 is 11.1 Å². The summed E-state index contributed by atoms with van der Waals surface area (Å²) in [6.07, 6.45) is 2.62. The van der Waals surface area contributed by atoms with Gasteiger partial charge >= 0.3 is 5.97 Å². The van der Waals surface area contributed by atoms with Crippen LogP contribution in [0, 0.1) is 11.3 Å². The van der Waals surface area contributed by atoms with Crippen LogP contribution in [0.15, 0.2) is 4.99 Å². The standard InChI is InChI=1S/C19H25N3O4S2/c1-19(2,3)9-5-6-10-11(7-9)27-16(14(10)17(25)26-4)21-13(23)8-12-15(24)22-18(20)28-12/h9,12H,5-8H2,1-4H3,(H,21,23)(H2,20,22,24)/t9-,12-/m0/s1. The van der Waals surface area contributed by atoms with Crippen molar-refractivity contribution in [2.24, 2.45) is 22.1 Å². The summed E-state index contributed by atoms with van der Waals surface area (Å²) in [4.78, 5) is 41.4. The Morgan fingerprint density at radius 1 is 1.36 bits per heavy atom. The fourth-order valence-corrected chi connectivity index (χ4v) is 5.76. The van der Waals surface area contributed by atoms with Crippen molar-refractivity contribution in [1.29, 1.82) is 0 Å². The van der Waals surface area contributed by atoms with Crippen molar-refractivity contribution in [3.8, 4) is 0 Å². The quantitative estimate of drug-likeness (QED) is 0.720. The molecule has 0 saturated carbocycles. The number of hydrogen-bond donors (Lipinski definition) is 2. The zero-order valence-electron chi connectivity index (χ0n) is 16.5. The first-order valence-electron chi connectivity index (χ1n) is 9.17. The van der Waals surface area contributed by atoms with E-state index in [1.165, 1.54) is 18.4 Å². The van der Waals surface area contributed by atoms with E-state index in [1.54, 1.807) is 0 Å². The molecule has 28 heavy (non-hydrogen) atoms. The van der Waals surface area contributed by atoms with E-state index in [1.807, 2.05) is 0 Å². The first kappa shape index (κ1) is 20.9. The number of hydrogen-bond acceptors (Lipinski definition) is 7. The van der Waals surface area contributed by atoms with Crippen molar-refractivity contribution in [3.63, 3.8) is 0 Å². The molecular weight excluding hydrogens is 398 g/mol. The number of ether oxygens (including phenoxy) is 1. The lowest BCUT2D eigenvalue weighted by Crippen LogP contribution is -2.26. The molecule has 2 heterocycles. The van der Waals surface area contributed by atoms with E-state index in [0.717, 1.165) is 41.5 Å². The minimum absolute atomic E-state index is 0.0402. The van der Waals surface area contributed by atoms with Crippen molar-refractivity contribution in [2.75, 3.05) is 12.4 Å². The molecule has 0 unspecified atom stereocenters. The van der Waals surface area contributed by atoms with Crippen molar-refractivity contribution in [3.05, 3.63) is 16.0 Å². The molecule has 1 aromatic heterocycles. The van der Waals surface area contributed by atoms with Gasteiger partial charge in [0.05, 0.1) is 12.7 Å².